The average molecular weight is 243 g/mol. The van der Waals surface area contributed by atoms with Crippen molar-refractivity contribution in [1.82, 2.24) is 0 Å². The Labute approximate surface area is 106 Å². The molecule has 0 saturated heterocycles. The van der Waals surface area contributed by atoms with Crippen molar-refractivity contribution >= 4 is 11.6 Å². The van der Waals surface area contributed by atoms with Gasteiger partial charge in [-0.2, -0.15) is 10.5 Å². The molecule has 0 aromatic rings. The van der Waals surface area contributed by atoms with Gasteiger partial charge in [-0.3, -0.25) is 0 Å². The fourth-order valence-corrected chi connectivity index (χ4v) is 1.12. The van der Waals surface area contributed by atoms with Crippen LogP contribution < -0.4 is 0 Å². The van der Waals surface area contributed by atoms with Crippen molar-refractivity contribution in [2.75, 3.05) is 0 Å². The second-order valence-electron chi connectivity index (χ2n) is 2.72. The van der Waals surface area contributed by atoms with Gasteiger partial charge in [0.25, 0.3) is 0 Å². The quantitative estimate of drug-likeness (QED) is 0.542. The molecule has 0 aliphatic carbocycles. The maximum Gasteiger partial charge on any atom is 0.0912 e. The summed E-state index contributed by atoms with van der Waals surface area (Å²) in [6.45, 7) is 3.68. The molecule has 0 unspecified atom stereocenters. The lowest BCUT2D eigenvalue weighted by atomic mass is 10.1. The van der Waals surface area contributed by atoms with Crippen molar-refractivity contribution in [2.24, 2.45) is 0 Å². The van der Waals surface area contributed by atoms with E-state index in [-0.39, 0.29) is 0 Å². The molecule has 0 bridgehead atoms. The first-order chi connectivity index (χ1) is 8.29. The van der Waals surface area contributed by atoms with Gasteiger partial charge in [0, 0.05) is 17.7 Å². The zero-order chi connectivity index (χ0) is 12.9. The van der Waals surface area contributed by atoms with E-state index < -0.39 is 0 Å². The minimum Gasteiger partial charge on any atom is -0.193 e. The monoisotopic (exact) mass is 242 g/mol. The fraction of sp³-hybridized carbons (Fsp3) is 0. The SMILES string of the molecule is C=CC(=C\C=C\C#N)/C(/C=C/Cl)=C/C=C/C#N. The summed E-state index contributed by atoms with van der Waals surface area (Å²) in [5.74, 6) is 0. The molecule has 2 nitrogen and oxygen atoms in total. The lowest BCUT2D eigenvalue weighted by Crippen LogP contribution is -1.81. The Hall–Kier alpha value is -2.29. The molecule has 0 aromatic heterocycles. The number of hydrogen-bond donors (Lipinski definition) is 0. The first-order valence-electron chi connectivity index (χ1n) is 4.72. The van der Waals surface area contributed by atoms with Crippen LogP contribution in [-0.2, 0) is 0 Å². The number of nitriles is 2. The van der Waals surface area contributed by atoms with E-state index >= 15 is 0 Å². The van der Waals surface area contributed by atoms with Gasteiger partial charge in [-0.15, -0.1) is 0 Å². The van der Waals surface area contributed by atoms with Crippen LogP contribution in [0.5, 0.6) is 0 Å². The molecule has 17 heavy (non-hydrogen) atoms. The summed E-state index contributed by atoms with van der Waals surface area (Å²) in [5.41, 5.74) is 2.97. The van der Waals surface area contributed by atoms with Crippen LogP contribution in [0, 0.1) is 22.7 Å². The van der Waals surface area contributed by atoms with E-state index in [1.807, 2.05) is 12.1 Å². The second-order valence-corrected chi connectivity index (χ2v) is 2.97. The van der Waals surface area contributed by atoms with Gasteiger partial charge in [0.05, 0.1) is 12.1 Å². The van der Waals surface area contributed by atoms with E-state index in [0.29, 0.717) is 0 Å². The first-order valence-corrected chi connectivity index (χ1v) is 5.16. The normalized spacial score (nSPS) is 13.1. The molecule has 3 heteroatoms. The number of allylic oxidation sites excluding steroid dienone is 10. The standard InChI is InChI=1S/C14H11ClN2/c1-2-13(7-3-5-11-16)14(9-10-15)8-4-6-12-17/h2-10H,1H2/b5-3+,6-4+,10-9+,13-7+,14-8+. The molecule has 0 N–H and O–H groups in total. The van der Waals surface area contributed by atoms with E-state index in [1.165, 1.54) is 17.7 Å². The van der Waals surface area contributed by atoms with Crippen LogP contribution >= 0.6 is 11.6 Å². The summed E-state index contributed by atoms with van der Waals surface area (Å²) in [6, 6.07) is 3.78. The summed E-state index contributed by atoms with van der Waals surface area (Å²) < 4.78 is 0. The van der Waals surface area contributed by atoms with Crippen LogP contribution in [0.4, 0.5) is 0 Å². The van der Waals surface area contributed by atoms with E-state index in [4.69, 9.17) is 22.1 Å². The zero-order valence-corrected chi connectivity index (χ0v) is 9.93. The summed E-state index contributed by atoms with van der Waals surface area (Å²) in [6.07, 6.45) is 12.7. The highest BCUT2D eigenvalue weighted by atomic mass is 35.5. The third kappa shape index (κ3) is 6.73. The van der Waals surface area contributed by atoms with Gasteiger partial charge in [0.1, 0.15) is 0 Å². The predicted molar refractivity (Wildman–Crippen MR) is 70.9 cm³/mol. The van der Waals surface area contributed by atoms with Gasteiger partial charge in [-0.1, -0.05) is 48.6 Å². The summed E-state index contributed by atoms with van der Waals surface area (Å²) in [4.78, 5) is 0. The second kappa shape index (κ2) is 10.2. The molecule has 84 valence electrons. The van der Waals surface area contributed by atoms with Crippen LogP contribution in [0.3, 0.4) is 0 Å². The average Bonchev–Trinajstić information content (AvgIpc) is 2.34. The largest absolute Gasteiger partial charge is 0.193 e. The number of rotatable bonds is 5. The number of nitrogens with zero attached hydrogens (tertiary/aromatic N) is 2. The Morgan fingerprint density at radius 1 is 1.00 bits per heavy atom. The van der Waals surface area contributed by atoms with E-state index in [0.717, 1.165) is 11.1 Å². The smallest absolute Gasteiger partial charge is 0.0912 e. The van der Waals surface area contributed by atoms with Gasteiger partial charge in [-0.25, -0.2) is 0 Å². The van der Waals surface area contributed by atoms with Crippen molar-refractivity contribution in [1.29, 1.82) is 10.5 Å². The van der Waals surface area contributed by atoms with E-state index in [2.05, 4.69) is 6.58 Å². The third-order valence-corrected chi connectivity index (χ3v) is 1.81. The first kappa shape index (κ1) is 14.7. The minimum absolute atomic E-state index is 0.795. The lowest BCUT2D eigenvalue weighted by molar-refractivity contribution is 1.52. The lowest BCUT2D eigenvalue weighted by Gasteiger charge is -2.00. The van der Waals surface area contributed by atoms with Gasteiger partial charge >= 0.3 is 0 Å². The molecule has 0 fully saturated rings. The van der Waals surface area contributed by atoms with Crippen molar-refractivity contribution in [2.45, 2.75) is 0 Å². The Bertz CT molecular complexity index is 477. The molecule has 0 radical (unpaired) electrons. The van der Waals surface area contributed by atoms with Crippen molar-refractivity contribution in [3.05, 3.63) is 71.9 Å². The highest BCUT2D eigenvalue weighted by molar-refractivity contribution is 6.25. The van der Waals surface area contributed by atoms with Crippen LogP contribution in [0.2, 0.25) is 0 Å². The van der Waals surface area contributed by atoms with Crippen LogP contribution in [-0.4, -0.2) is 0 Å². The van der Waals surface area contributed by atoms with E-state index in [9.17, 15) is 0 Å². The Kier molecular flexibility index (Phi) is 8.86. The summed E-state index contributed by atoms with van der Waals surface area (Å²) in [7, 11) is 0. The molecule has 0 amide bonds. The number of hydrogen-bond acceptors (Lipinski definition) is 2. The van der Waals surface area contributed by atoms with Crippen molar-refractivity contribution < 1.29 is 0 Å². The minimum atomic E-state index is 0.795. The van der Waals surface area contributed by atoms with Crippen molar-refractivity contribution in [3.63, 3.8) is 0 Å². The summed E-state index contributed by atoms with van der Waals surface area (Å²) in [5, 5.41) is 16.8. The fourth-order valence-electron chi connectivity index (χ4n) is 0.988. The van der Waals surface area contributed by atoms with Gasteiger partial charge < -0.3 is 0 Å². The molecule has 0 aliphatic rings. The predicted octanol–water partition coefficient (Wildman–Crippen LogP) is 3.94. The molecule has 0 aromatic carbocycles. The maximum absolute atomic E-state index is 8.39. The zero-order valence-electron chi connectivity index (χ0n) is 9.18. The highest BCUT2D eigenvalue weighted by Crippen LogP contribution is 2.14. The molecular weight excluding hydrogens is 232 g/mol. The Morgan fingerprint density at radius 2 is 1.53 bits per heavy atom. The van der Waals surface area contributed by atoms with Crippen LogP contribution in [0.25, 0.3) is 0 Å². The van der Waals surface area contributed by atoms with Crippen molar-refractivity contribution in [3.8, 4) is 12.1 Å². The topological polar surface area (TPSA) is 47.6 Å². The van der Waals surface area contributed by atoms with Gasteiger partial charge in [0.2, 0.25) is 0 Å². The number of halogens is 1. The molecule has 0 rings (SSSR count). The third-order valence-electron chi connectivity index (χ3n) is 1.69. The maximum atomic E-state index is 8.39. The molecule has 0 saturated carbocycles. The molecule has 0 spiro atoms. The molecular formula is C14H11ClN2. The van der Waals surface area contributed by atoms with Gasteiger partial charge in [0.15, 0.2) is 0 Å². The van der Waals surface area contributed by atoms with E-state index in [1.54, 1.807) is 36.5 Å². The Morgan fingerprint density at radius 3 is 1.94 bits per heavy atom. The Balaban J connectivity index is 5.23. The molecule has 0 atom stereocenters. The van der Waals surface area contributed by atoms with Crippen LogP contribution in [0.15, 0.2) is 71.9 Å². The molecule has 0 aliphatic heterocycles. The van der Waals surface area contributed by atoms with Gasteiger partial charge in [-0.05, 0) is 17.2 Å². The highest BCUT2D eigenvalue weighted by Gasteiger charge is 1.94. The van der Waals surface area contributed by atoms with Crippen LogP contribution in [0.1, 0.15) is 0 Å². The summed E-state index contributed by atoms with van der Waals surface area (Å²) >= 11 is 5.53. The molecule has 0 heterocycles.